The molecule has 0 amide bonds. The number of benzene rings is 3. The van der Waals surface area contributed by atoms with Crippen LogP contribution in [0.3, 0.4) is 0 Å². The predicted octanol–water partition coefficient (Wildman–Crippen LogP) is 4.05. The minimum Gasteiger partial charge on any atom is -0.478 e. The maximum absolute atomic E-state index is 11.8. The van der Waals surface area contributed by atoms with Gasteiger partial charge >= 0.3 is 5.97 Å². The minimum atomic E-state index is -2.06. The third kappa shape index (κ3) is 4.10. The molecule has 5 rings (SSSR count). The van der Waals surface area contributed by atoms with Gasteiger partial charge in [0.1, 0.15) is 11.3 Å². The lowest BCUT2D eigenvalue weighted by Crippen LogP contribution is -2.50. The smallest absolute Gasteiger partial charge is 0.337 e. The molecule has 174 valence electrons. The number of aromatic amines is 1. The molecule has 8 heteroatoms. The number of aromatic nitrogens is 2. The monoisotopic (exact) mass is 475 g/mol. The van der Waals surface area contributed by atoms with Gasteiger partial charge in [0.15, 0.2) is 0 Å². The van der Waals surface area contributed by atoms with Crippen LogP contribution in [-0.4, -0.2) is 60.8 Å². The largest absolute Gasteiger partial charge is 0.478 e. The highest BCUT2D eigenvalue weighted by molar-refractivity contribution is 7.99. The van der Waals surface area contributed by atoms with Crippen LogP contribution in [0.5, 0.6) is 0 Å². The van der Waals surface area contributed by atoms with Crippen LogP contribution in [0.4, 0.5) is 0 Å². The van der Waals surface area contributed by atoms with Crippen LogP contribution in [0, 0.1) is 6.92 Å². The Morgan fingerprint density at radius 2 is 1.68 bits per heavy atom. The third-order valence-electron chi connectivity index (χ3n) is 6.21. The average molecular weight is 476 g/mol. The Hall–Kier alpha value is -3.17. The van der Waals surface area contributed by atoms with Crippen molar-refractivity contribution in [1.29, 1.82) is 0 Å². The van der Waals surface area contributed by atoms with E-state index in [4.69, 9.17) is 0 Å². The normalized spacial score (nSPS) is 15.0. The number of imidazole rings is 1. The maximum atomic E-state index is 11.8. The lowest BCUT2D eigenvalue weighted by Gasteiger charge is -2.38. The fraction of sp³-hybridized carbons (Fsp3) is 0.231. The minimum absolute atomic E-state index is 0.149. The zero-order valence-electron chi connectivity index (χ0n) is 18.7. The van der Waals surface area contributed by atoms with Gasteiger partial charge in [-0.3, -0.25) is 0 Å². The molecular formula is C26H25N3O4S. The van der Waals surface area contributed by atoms with E-state index in [9.17, 15) is 20.1 Å². The van der Waals surface area contributed by atoms with E-state index in [1.54, 1.807) is 24.0 Å². The van der Waals surface area contributed by atoms with Gasteiger partial charge in [0, 0.05) is 30.2 Å². The standard InChI is InChI=1S/C26H25N3O4S/c1-16-27-23-15-19(14-21(25(30)31)24(23)28-16)17-6-8-18(9-7-17)20-4-2-3-5-22(20)26(32,33)29-10-12-34-13-11-29/h2-9,14-15,32-33H,10-13H2,1H3,(H,27,28)(H,30,31). The van der Waals surface area contributed by atoms with Crippen molar-refractivity contribution in [3.8, 4) is 22.3 Å². The number of aliphatic hydroxyl groups is 2. The van der Waals surface area contributed by atoms with Crippen molar-refractivity contribution in [3.63, 3.8) is 0 Å². The molecular weight excluding hydrogens is 450 g/mol. The van der Waals surface area contributed by atoms with Gasteiger partial charge in [-0.2, -0.15) is 11.8 Å². The van der Waals surface area contributed by atoms with Crippen LogP contribution in [0.25, 0.3) is 33.3 Å². The summed E-state index contributed by atoms with van der Waals surface area (Å²) in [5.41, 5.74) is 4.90. The fourth-order valence-electron chi connectivity index (χ4n) is 4.49. The van der Waals surface area contributed by atoms with E-state index < -0.39 is 11.9 Å². The molecule has 4 aromatic rings. The number of nitrogens with zero attached hydrogens (tertiary/aromatic N) is 2. The zero-order chi connectivity index (χ0) is 23.9. The van der Waals surface area contributed by atoms with Crippen molar-refractivity contribution in [2.75, 3.05) is 24.6 Å². The molecule has 1 aliphatic rings. The lowest BCUT2D eigenvalue weighted by atomic mass is 9.94. The predicted molar refractivity (Wildman–Crippen MR) is 134 cm³/mol. The Bertz CT molecular complexity index is 1360. The second kappa shape index (κ2) is 8.88. The first kappa shape index (κ1) is 22.6. The van der Waals surface area contributed by atoms with E-state index in [1.807, 2.05) is 60.3 Å². The van der Waals surface area contributed by atoms with Crippen molar-refractivity contribution >= 4 is 28.8 Å². The number of carboxylic acids is 1. The van der Waals surface area contributed by atoms with Crippen molar-refractivity contribution < 1.29 is 20.1 Å². The quantitative estimate of drug-likeness (QED) is 0.323. The molecule has 0 saturated carbocycles. The van der Waals surface area contributed by atoms with Gasteiger partial charge in [-0.05, 0) is 41.3 Å². The summed E-state index contributed by atoms with van der Waals surface area (Å²) in [4.78, 5) is 20.9. The summed E-state index contributed by atoms with van der Waals surface area (Å²) in [6.07, 6.45) is 0. The number of aromatic carboxylic acids is 1. The number of carbonyl (C=O) groups is 1. The molecule has 4 N–H and O–H groups in total. The van der Waals surface area contributed by atoms with E-state index in [0.717, 1.165) is 33.8 Å². The molecule has 3 aromatic carbocycles. The average Bonchev–Trinajstić information content (AvgIpc) is 3.24. The SMILES string of the molecule is Cc1nc2c(C(=O)O)cc(-c3ccc(-c4ccccc4C(O)(O)N4CCSCC4)cc3)cc2[nH]1. The summed E-state index contributed by atoms with van der Waals surface area (Å²) in [7, 11) is 0. The van der Waals surface area contributed by atoms with Gasteiger partial charge in [0.25, 0.3) is 5.91 Å². The van der Waals surface area contributed by atoms with E-state index in [0.29, 0.717) is 35.5 Å². The number of rotatable bonds is 5. The highest BCUT2D eigenvalue weighted by Crippen LogP contribution is 2.35. The molecule has 1 fully saturated rings. The Morgan fingerprint density at radius 1 is 1.00 bits per heavy atom. The number of nitrogens with one attached hydrogen (secondary N) is 1. The van der Waals surface area contributed by atoms with Crippen LogP contribution < -0.4 is 0 Å². The van der Waals surface area contributed by atoms with Crippen LogP contribution in [0.15, 0.2) is 60.7 Å². The molecule has 7 nitrogen and oxygen atoms in total. The van der Waals surface area contributed by atoms with Gasteiger partial charge in [0.05, 0.1) is 11.1 Å². The van der Waals surface area contributed by atoms with Gasteiger partial charge in [-0.25, -0.2) is 14.7 Å². The van der Waals surface area contributed by atoms with Crippen molar-refractivity contribution in [1.82, 2.24) is 14.9 Å². The van der Waals surface area contributed by atoms with Gasteiger partial charge in [-0.15, -0.1) is 0 Å². The summed E-state index contributed by atoms with van der Waals surface area (Å²) < 4.78 is 0. The number of fused-ring (bicyclic) bond motifs is 1. The molecule has 1 aromatic heterocycles. The third-order valence-corrected chi connectivity index (χ3v) is 7.15. The maximum Gasteiger partial charge on any atom is 0.337 e. The highest BCUT2D eigenvalue weighted by Gasteiger charge is 2.36. The molecule has 0 aliphatic carbocycles. The molecule has 0 atom stereocenters. The molecule has 0 radical (unpaired) electrons. The highest BCUT2D eigenvalue weighted by atomic mass is 32.2. The molecule has 0 unspecified atom stereocenters. The van der Waals surface area contributed by atoms with Crippen LogP contribution in [0.2, 0.25) is 0 Å². The fourth-order valence-corrected chi connectivity index (χ4v) is 5.39. The first-order valence-electron chi connectivity index (χ1n) is 11.1. The Morgan fingerprint density at radius 3 is 2.38 bits per heavy atom. The van der Waals surface area contributed by atoms with Gasteiger partial charge in [-0.1, -0.05) is 48.5 Å². The number of hydrogen-bond donors (Lipinski definition) is 4. The summed E-state index contributed by atoms with van der Waals surface area (Å²) >= 11 is 1.81. The summed E-state index contributed by atoms with van der Waals surface area (Å²) in [6, 6.07) is 18.5. The number of carboxylic acid groups (broad SMARTS) is 1. The topological polar surface area (TPSA) is 110 Å². The summed E-state index contributed by atoms with van der Waals surface area (Å²) in [5, 5.41) is 31.8. The first-order valence-corrected chi connectivity index (χ1v) is 12.2. The summed E-state index contributed by atoms with van der Waals surface area (Å²) in [5.74, 6) is -0.709. The van der Waals surface area contributed by atoms with Crippen molar-refractivity contribution in [3.05, 3.63) is 77.6 Å². The lowest BCUT2D eigenvalue weighted by molar-refractivity contribution is -0.272. The number of aryl methyl sites for hydroxylation is 1. The van der Waals surface area contributed by atoms with Gasteiger partial charge in [0.2, 0.25) is 0 Å². The number of hydrogen-bond acceptors (Lipinski definition) is 6. The second-order valence-electron chi connectivity index (χ2n) is 8.41. The Labute approximate surface area is 201 Å². The molecule has 34 heavy (non-hydrogen) atoms. The van der Waals surface area contributed by atoms with Crippen molar-refractivity contribution in [2.45, 2.75) is 12.8 Å². The van der Waals surface area contributed by atoms with Crippen LogP contribution in [0.1, 0.15) is 21.7 Å². The molecule has 0 bridgehead atoms. The van der Waals surface area contributed by atoms with Crippen LogP contribution >= 0.6 is 11.8 Å². The Kier molecular flexibility index (Phi) is 5.91. The van der Waals surface area contributed by atoms with Gasteiger partial charge < -0.3 is 20.3 Å². The molecule has 0 spiro atoms. The van der Waals surface area contributed by atoms with E-state index in [2.05, 4.69) is 9.97 Å². The molecule has 1 aliphatic heterocycles. The van der Waals surface area contributed by atoms with E-state index in [-0.39, 0.29) is 5.56 Å². The van der Waals surface area contributed by atoms with Crippen LogP contribution in [-0.2, 0) is 5.91 Å². The Balaban J connectivity index is 1.52. The van der Waals surface area contributed by atoms with E-state index >= 15 is 0 Å². The zero-order valence-corrected chi connectivity index (χ0v) is 19.5. The van der Waals surface area contributed by atoms with E-state index in [1.165, 1.54) is 0 Å². The molecule has 2 heterocycles. The van der Waals surface area contributed by atoms with Crippen molar-refractivity contribution in [2.24, 2.45) is 0 Å². The molecule has 1 saturated heterocycles. The first-order chi connectivity index (χ1) is 16.3. The number of H-pyrrole nitrogens is 1. The summed E-state index contributed by atoms with van der Waals surface area (Å²) in [6.45, 7) is 3.00. The number of thioether (sulfide) groups is 1. The second-order valence-corrected chi connectivity index (χ2v) is 9.63.